The van der Waals surface area contributed by atoms with Gasteiger partial charge in [0.15, 0.2) is 0 Å². The first kappa shape index (κ1) is 13.9. The van der Waals surface area contributed by atoms with Gasteiger partial charge in [0.25, 0.3) is 0 Å². The zero-order valence-electron chi connectivity index (χ0n) is 5.62. The van der Waals surface area contributed by atoms with E-state index in [0.717, 1.165) is 0 Å². The first-order valence-electron chi connectivity index (χ1n) is 2.15. The van der Waals surface area contributed by atoms with Gasteiger partial charge in [0.2, 0.25) is 0 Å². The standard InChI is InChI=1S/CHF3.N6O2S/c2-1(3)4;1-3-5-9(7,8)6-4-2/h1H;. The van der Waals surface area contributed by atoms with Crippen molar-refractivity contribution in [2.24, 2.45) is 9.04 Å². The van der Waals surface area contributed by atoms with Crippen LogP contribution in [0.1, 0.15) is 0 Å². The van der Waals surface area contributed by atoms with Gasteiger partial charge in [0.05, 0.1) is 0 Å². The lowest BCUT2D eigenvalue weighted by atomic mass is 11.6. The highest BCUT2D eigenvalue weighted by Gasteiger charge is 1.99. The van der Waals surface area contributed by atoms with Gasteiger partial charge in [-0.1, -0.05) is 0 Å². The van der Waals surface area contributed by atoms with Crippen molar-refractivity contribution in [3.8, 4) is 0 Å². The van der Waals surface area contributed by atoms with Crippen molar-refractivity contribution in [1.82, 2.24) is 0 Å². The maximum absolute atomic E-state index is 9.99. The lowest BCUT2D eigenvalue weighted by Crippen LogP contribution is -1.82. The molecule has 0 fully saturated rings. The van der Waals surface area contributed by atoms with Gasteiger partial charge in [0.1, 0.15) is 0 Å². The Morgan fingerprint density at radius 3 is 1.46 bits per heavy atom. The molecule has 0 unspecified atom stereocenters. The van der Waals surface area contributed by atoms with Crippen LogP contribution >= 0.6 is 0 Å². The fourth-order valence-electron chi connectivity index (χ4n) is 0.109. The Kier molecular flexibility index (Phi) is 7.53. The average Bonchev–Trinajstić information content (AvgIpc) is 1.84. The predicted molar refractivity (Wildman–Crippen MR) is 34.3 cm³/mol. The van der Waals surface area contributed by atoms with Crippen LogP contribution in [0, 0.1) is 0 Å². The van der Waals surface area contributed by atoms with Gasteiger partial charge < -0.3 is 0 Å². The molecule has 0 bridgehead atoms. The molecule has 0 atom stereocenters. The van der Waals surface area contributed by atoms with Crippen molar-refractivity contribution in [1.29, 1.82) is 0 Å². The second-order valence-electron chi connectivity index (χ2n) is 1.04. The molecular weight excluding hydrogens is 217 g/mol. The van der Waals surface area contributed by atoms with Crippen LogP contribution in [0.3, 0.4) is 0 Å². The summed E-state index contributed by atoms with van der Waals surface area (Å²) in [6.45, 7) is -3.67. The van der Waals surface area contributed by atoms with E-state index >= 15 is 0 Å². The number of halogens is 3. The van der Waals surface area contributed by atoms with Crippen molar-refractivity contribution in [3.05, 3.63) is 20.9 Å². The quantitative estimate of drug-likeness (QED) is 0.398. The Hall–Kier alpha value is -1.64. The second-order valence-corrected chi connectivity index (χ2v) is 2.26. The van der Waals surface area contributed by atoms with Gasteiger partial charge in [-0.15, -0.1) is 0 Å². The molecule has 0 aliphatic carbocycles. The fourth-order valence-corrected chi connectivity index (χ4v) is 0.326. The largest absolute Gasteiger partial charge is 0.379 e. The molecule has 0 spiro atoms. The Labute approximate surface area is 69.4 Å². The third-order valence-electron chi connectivity index (χ3n) is 0.279. The van der Waals surface area contributed by atoms with E-state index in [1.165, 1.54) is 0 Å². The predicted octanol–water partition coefficient (Wildman–Crippen LogP) is 2.03. The van der Waals surface area contributed by atoms with E-state index in [9.17, 15) is 21.6 Å². The monoisotopic (exact) mass is 218 g/mol. The van der Waals surface area contributed by atoms with Gasteiger partial charge in [-0.05, 0) is 11.1 Å². The van der Waals surface area contributed by atoms with Crippen molar-refractivity contribution >= 4 is 10.2 Å². The zero-order chi connectivity index (χ0) is 10.9. The van der Waals surface area contributed by atoms with E-state index in [1.807, 2.05) is 9.82 Å². The molecule has 0 aromatic rings. The van der Waals surface area contributed by atoms with Crippen LogP contribution < -0.4 is 0 Å². The van der Waals surface area contributed by atoms with E-state index in [2.05, 4.69) is 9.04 Å². The van der Waals surface area contributed by atoms with Gasteiger partial charge in [-0.25, -0.2) is 8.42 Å². The van der Waals surface area contributed by atoms with Crippen LogP contribution in [0.15, 0.2) is 9.04 Å². The Morgan fingerprint density at radius 2 is 1.31 bits per heavy atom. The molecule has 0 saturated heterocycles. The summed E-state index contributed by atoms with van der Waals surface area (Å²) in [6, 6.07) is 0. The third-order valence-corrected chi connectivity index (χ3v) is 0.838. The second kappa shape index (κ2) is 7.03. The number of alkyl halides is 3. The van der Waals surface area contributed by atoms with Gasteiger partial charge >= 0.3 is 16.9 Å². The highest BCUT2D eigenvalue weighted by atomic mass is 32.2. The van der Waals surface area contributed by atoms with Crippen molar-refractivity contribution < 1.29 is 21.6 Å². The summed E-state index contributed by atoms with van der Waals surface area (Å²) >= 11 is 0. The topological polar surface area (TPSA) is 132 Å². The first-order chi connectivity index (χ1) is 5.85. The maximum Gasteiger partial charge on any atom is 0.379 e. The third kappa shape index (κ3) is 17.9. The highest BCUT2D eigenvalue weighted by Crippen LogP contribution is 1.92. The lowest BCUT2D eigenvalue weighted by Gasteiger charge is -1.73. The summed E-state index contributed by atoms with van der Waals surface area (Å²) in [5, 5.41) is 0. The molecular formula is CHF3N6O2S. The minimum absolute atomic E-state index is 1.90. The normalized spacial score (nSPS) is 8.92. The van der Waals surface area contributed by atoms with Crippen LogP contribution in [0.25, 0.3) is 20.9 Å². The minimum Gasteiger partial charge on any atom is -0.213 e. The van der Waals surface area contributed by atoms with E-state index in [4.69, 9.17) is 11.1 Å². The van der Waals surface area contributed by atoms with E-state index in [0.29, 0.717) is 0 Å². The molecule has 0 N–H and O–H groups in total. The molecule has 0 rings (SSSR count). The highest BCUT2D eigenvalue weighted by molar-refractivity contribution is 7.88. The fraction of sp³-hybridized carbons (Fsp3) is 1.00. The van der Waals surface area contributed by atoms with Gasteiger partial charge in [-0.3, -0.25) is 0 Å². The molecule has 8 nitrogen and oxygen atoms in total. The molecule has 0 saturated carbocycles. The van der Waals surface area contributed by atoms with Gasteiger partial charge in [-0.2, -0.15) is 13.2 Å². The van der Waals surface area contributed by atoms with Crippen molar-refractivity contribution in [3.63, 3.8) is 0 Å². The molecule has 0 aliphatic rings. The number of hydrogen-bond donors (Lipinski definition) is 0. The number of nitrogens with zero attached hydrogens (tertiary/aromatic N) is 6. The number of hydrogen-bond acceptors (Lipinski definition) is 2. The first-order valence-corrected chi connectivity index (χ1v) is 3.55. The lowest BCUT2D eigenvalue weighted by molar-refractivity contribution is 0.00819. The Balaban J connectivity index is 0. The molecule has 0 amide bonds. The SMILES string of the molecule is FC(F)F.[N-]=[N+]=NS(=O)(=O)N=[N+]=[N-]. The van der Waals surface area contributed by atoms with Crippen LogP contribution in [0.2, 0.25) is 0 Å². The maximum atomic E-state index is 9.99. The summed E-state index contributed by atoms with van der Waals surface area (Å²) in [5.41, 5.74) is 15.0. The molecule has 13 heavy (non-hydrogen) atoms. The van der Waals surface area contributed by atoms with E-state index < -0.39 is 16.9 Å². The van der Waals surface area contributed by atoms with Crippen LogP contribution in [0.5, 0.6) is 0 Å². The van der Waals surface area contributed by atoms with E-state index in [-0.39, 0.29) is 0 Å². The summed E-state index contributed by atoms with van der Waals surface area (Å²) in [6.07, 6.45) is 0. The van der Waals surface area contributed by atoms with Crippen LogP contribution in [0.4, 0.5) is 13.2 Å². The smallest absolute Gasteiger partial charge is 0.213 e. The Morgan fingerprint density at radius 1 is 1.08 bits per heavy atom. The molecule has 0 aromatic heterocycles. The molecule has 0 heterocycles. The number of rotatable bonds is 2. The Bertz CT molecular complexity index is 297. The van der Waals surface area contributed by atoms with Gasteiger partial charge in [0, 0.05) is 18.9 Å². The summed E-state index contributed by atoms with van der Waals surface area (Å²) in [7, 11) is -4.27. The summed E-state index contributed by atoms with van der Waals surface area (Å²) in [4.78, 5) is 3.80. The molecule has 0 aliphatic heterocycles. The number of azide groups is 1. The minimum atomic E-state index is -4.27. The molecule has 12 heteroatoms. The van der Waals surface area contributed by atoms with Crippen LogP contribution in [-0.2, 0) is 10.2 Å². The van der Waals surface area contributed by atoms with E-state index in [1.54, 1.807) is 0 Å². The summed E-state index contributed by atoms with van der Waals surface area (Å²) < 4.78 is 53.3. The molecule has 74 valence electrons. The average molecular weight is 218 g/mol. The molecule has 0 aromatic carbocycles. The molecule has 0 radical (unpaired) electrons. The van der Waals surface area contributed by atoms with Crippen LogP contribution in [-0.4, -0.2) is 15.1 Å². The summed E-state index contributed by atoms with van der Waals surface area (Å²) in [5.74, 6) is 0. The zero-order valence-corrected chi connectivity index (χ0v) is 6.44. The van der Waals surface area contributed by atoms with Crippen molar-refractivity contribution in [2.45, 2.75) is 6.68 Å². The van der Waals surface area contributed by atoms with Crippen molar-refractivity contribution in [2.75, 3.05) is 0 Å².